The lowest BCUT2D eigenvalue weighted by atomic mass is 9.99. The summed E-state index contributed by atoms with van der Waals surface area (Å²) in [5.74, 6) is -1.53. The largest absolute Gasteiger partial charge is 0.309 e. The Morgan fingerprint density at radius 1 is 1.35 bits per heavy atom. The van der Waals surface area contributed by atoms with Crippen LogP contribution in [0.15, 0.2) is 12.1 Å². The Morgan fingerprint density at radius 3 is 2.71 bits per heavy atom. The van der Waals surface area contributed by atoms with Gasteiger partial charge in [-0.05, 0) is 24.5 Å². The SMILES string of the molecule is CC(C)C(=O)N1CCCc2cc(F)cc(F)c21. The number of carbonyl (C=O) groups excluding carboxylic acids is 1. The molecule has 2 rings (SSSR count). The van der Waals surface area contributed by atoms with Crippen molar-refractivity contribution in [2.45, 2.75) is 26.7 Å². The Balaban J connectivity index is 2.47. The molecule has 1 aliphatic rings. The molecule has 0 fully saturated rings. The van der Waals surface area contributed by atoms with E-state index >= 15 is 0 Å². The molecule has 0 unspecified atom stereocenters. The number of halogens is 2. The van der Waals surface area contributed by atoms with Crippen LogP contribution in [0.25, 0.3) is 0 Å². The van der Waals surface area contributed by atoms with Crippen molar-refractivity contribution in [3.8, 4) is 0 Å². The number of carbonyl (C=O) groups is 1. The molecule has 92 valence electrons. The van der Waals surface area contributed by atoms with Crippen molar-refractivity contribution in [1.29, 1.82) is 0 Å². The first-order valence-corrected chi connectivity index (χ1v) is 5.80. The molecular formula is C13H15F2NO. The van der Waals surface area contributed by atoms with E-state index < -0.39 is 11.6 Å². The second kappa shape index (κ2) is 4.43. The molecule has 1 aromatic carbocycles. The maximum absolute atomic E-state index is 13.8. The fraction of sp³-hybridized carbons (Fsp3) is 0.462. The van der Waals surface area contributed by atoms with Gasteiger partial charge in [0, 0.05) is 18.5 Å². The van der Waals surface area contributed by atoms with Crippen molar-refractivity contribution >= 4 is 11.6 Å². The van der Waals surface area contributed by atoms with Crippen LogP contribution in [0.1, 0.15) is 25.8 Å². The van der Waals surface area contributed by atoms with E-state index in [2.05, 4.69) is 0 Å². The molecule has 4 heteroatoms. The first-order valence-electron chi connectivity index (χ1n) is 5.80. The van der Waals surface area contributed by atoms with E-state index in [1.807, 2.05) is 0 Å². The number of aryl methyl sites for hydroxylation is 1. The number of anilines is 1. The molecule has 1 aromatic rings. The number of hydrogen-bond acceptors (Lipinski definition) is 1. The number of fused-ring (bicyclic) bond motifs is 1. The van der Waals surface area contributed by atoms with Gasteiger partial charge in [0.1, 0.15) is 11.6 Å². The van der Waals surface area contributed by atoms with Gasteiger partial charge >= 0.3 is 0 Å². The van der Waals surface area contributed by atoms with Crippen LogP contribution in [-0.4, -0.2) is 12.5 Å². The number of benzene rings is 1. The quantitative estimate of drug-likeness (QED) is 0.738. The number of rotatable bonds is 1. The molecule has 0 N–H and O–H groups in total. The minimum Gasteiger partial charge on any atom is -0.309 e. The third kappa shape index (κ3) is 2.16. The second-order valence-corrected chi connectivity index (χ2v) is 4.64. The van der Waals surface area contributed by atoms with Gasteiger partial charge in [0.05, 0.1) is 5.69 Å². The van der Waals surface area contributed by atoms with Gasteiger partial charge in [-0.15, -0.1) is 0 Å². The normalized spacial score (nSPS) is 15.0. The summed E-state index contributed by atoms with van der Waals surface area (Å²) < 4.78 is 26.9. The third-order valence-electron chi connectivity index (χ3n) is 2.96. The first kappa shape index (κ1) is 12.0. The molecule has 0 aliphatic carbocycles. The van der Waals surface area contributed by atoms with E-state index in [0.717, 1.165) is 12.5 Å². The highest BCUT2D eigenvalue weighted by Gasteiger charge is 2.27. The zero-order valence-electron chi connectivity index (χ0n) is 9.96. The molecule has 0 aromatic heterocycles. The second-order valence-electron chi connectivity index (χ2n) is 4.64. The van der Waals surface area contributed by atoms with Crippen LogP contribution in [0.5, 0.6) is 0 Å². The summed E-state index contributed by atoms with van der Waals surface area (Å²) in [5, 5.41) is 0. The van der Waals surface area contributed by atoms with Gasteiger partial charge in [-0.1, -0.05) is 13.8 Å². The Kier molecular flexibility index (Phi) is 3.13. The van der Waals surface area contributed by atoms with Gasteiger partial charge in [0.15, 0.2) is 0 Å². The van der Waals surface area contributed by atoms with Crippen LogP contribution in [0.3, 0.4) is 0 Å². The van der Waals surface area contributed by atoms with Gasteiger partial charge in [-0.3, -0.25) is 4.79 Å². The van der Waals surface area contributed by atoms with E-state index in [9.17, 15) is 13.6 Å². The lowest BCUT2D eigenvalue weighted by Gasteiger charge is -2.31. The molecule has 1 aliphatic heterocycles. The third-order valence-corrected chi connectivity index (χ3v) is 2.96. The summed E-state index contributed by atoms with van der Waals surface area (Å²) in [6.07, 6.45) is 1.36. The first-order chi connectivity index (χ1) is 8.00. The maximum atomic E-state index is 13.8. The topological polar surface area (TPSA) is 20.3 Å². The Labute approximate surface area is 99.2 Å². The van der Waals surface area contributed by atoms with Crippen LogP contribution in [0, 0.1) is 17.6 Å². The Morgan fingerprint density at radius 2 is 2.06 bits per heavy atom. The molecule has 0 saturated heterocycles. The maximum Gasteiger partial charge on any atom is 0.229 e. The van der Waals surface area contributed by atoms with Crippen molar-refractivity contribution < 1.29 is 13.6 Å². The summed E-state index contributed by atoms with van der Waals surface area (Å²) >= 11 is 0. The highest BCUT2D eigenvalue weighted by atomic mass is 19.1. The van der Waals surface area contributed by atoms with Gasteiger partial charge < -0.3 is 4.90 Å². The predicted molar refractivity (Wildman–Crippen MR) is 61.9 cm³/mol. The summed E-state index contributed by atoms with van der Waals surface area (Å²) in [6, 6.07) is 2.16. The van der Waals surface area contributed by atoms with Gasteiger partial charge in [0.25, 0.3) is 0 Å². The van der Waals surface area contributed by atoms with E-state index in [1.165, 1.54) is 11.0 Å². The van der Waals surface area contributed by atoms with E-state index in [4.69, 9.17) is 0 Å². The fourth-order valence-electron chi connectivity index (χ4n) is 2.18. The average molecular weight is 239 g/mol. The van der Waals surface area contributed by atoms with Crippen molar-refractivity contribution in [2.75, 3.05) is 11.4 Å². The summed E-state index contributed by atoms with van der Waals surface area (Å²) in [5.41, 5.74) is 0.846. The monoisotopic (exact) mass is 239 g/mol. The van der Waals surface area contributed by atoms with Crippen molar-refractivity contribution in [3.63, 3.8) is 0 Å². The van der Waals surface area contributed by atoms with Gasteiger partial charge in [-0.25, -0.2) is 8.78 Å². The standard InChI is InChI=1S/C13H15F2NO/c1-8(2)13(17)16-5-3-4-9-6-10(14)7-11(15)12(9)16/h6-8H,3-5H2,1-2H3. The smallest absolute Gasteiger partial charge is 0.229 e. The lowest BCUT2D eigenvalue weighted by molar-refractivity contribution is -0.121. The molecule has 0 bridgehead atoms. The van der Waals surface area contributed by atoms with Gasteiger partial charge in [0.2, 0.25) is 5.91 Å². The van der Waals surface area contributed by atoms with Crippen molar-refractivity contribution in [3.05, 3.63) is 29.3 Å². The number of nitrogens with zero attached hydrogens (tertiary/aromatic N) is 1. The molecule has 0 spiro atoms. The summed E-state index contributed by atoms with van der Waals surface area (Å²) in [4.78, 5) is 13.4. The number of amides is 1. The minimum atomic E-state index is -0.645. The summed E-state index contributed by atoms with van der Waals surface area (Å²) in [7, 11) is 0. The van der Waals surface area contributed by atoms with E-state index in [1.54, 1.807) is 13.8 Å². The zero-order chi connectivity index (χ0) is 12.6. The summed E-state index contributed by atoms with van der Waals surface area (Å²) in [6.45, 7) is 4.06. The Hall–Kier alpha value is -1.45. The molecule has 1 amide bonds. The van der Waals surface area contributed by atoms with Crippen LogP contribution in [-0.2, 0) is 11.2 Å². The molecule has 2 nitrogen and oxygen atoms in total. The predicted octanol–water partition coefficient (Wildman–Crippen LogP) is 2.90. The fourth-order valence-corrected chi connectivity index (χ4v) is 2.18. The highest BCUT2D eigenvalue weighted by Crippen LogP contribution is 2.31. The van der Waals surface area contributed by atoms with E-state index in [0.29, 0.717) is 18.5 Å². The van der Waals surface area contributed by atoms with Crippen molar-refractivity contribution in [2.24, 2.45) is 5.92 Å². The van der Waals surface area contributed by atoms with Crippen LogP contribution in [0.4, 0.5) is 14.5 Å². The van der Waals surface area contributed by atoms with Crippen molar-refractivity contribution in [1.82, 2.24) is 0 Å². The highest BCUT2D eigenvalue weighted by molar-refractivity contribution is 5.95. The molecule has 0 saturated carbocycles. The minimum absolute atomic E-state index is 0.114. The average Bonchev–Trinajstić information content (AvgIpc) is 2.26. The van der Waals surface area contributed by atoms with Gasteiger partial charge in [-0.2, -0.15) is 0 Å². The number of hydrogen-bond donors (Lipinski definition) is 0. The molecule has 17 heavy (non-hydrogen) atoms. The Bertz CT molecular complexity index is 457. The van der Waals surface area contributed by atoms with E-state index in [-0.39, 0.29) is 17.5 Å². The molecule has 1 heterocycles. The van der Waals surface area contributed by atoms with Crippen LogP contribution in [0.2, 0.25) is 0 Å². The zero-order valence-corrected chi connectivity index (χ0v) is 9.96. The molecular weight excluding hydrogens is 224 g/mol. The molecule has 0 atom stereocenters. The van der Waals surface area contributed by atoms with Crippen LogP contribution < -0.4 is 4.90 Å². The van der Waals surface area contributed by atoms with Crippen LogP contribution >= 0.6 is 0 Å². The molecule has 0 radical (unpaired) electrons. The lowest BCUT2D eigenvalue weighted by Crippen LogP contribution is -2.38.